The van der Waals surface area contributed by atoms with Crippen LogP contribution in [-0.2, 0) is 9.53 Å². The Kier molecular flexibility index (Phi) is 5.75. The van der Waals surface area contributed by atoms with Gasteiger partial charge in [-0.15, -0.1) is 0 Å². The fraction of sp³-hybridized carbons (Fsp3) is 0.615. The van der Waals surface area contributed by atoms with E-state index in [2.05, 4.69) is 36.5 Å². The summed E-state index contributed by atoms with van der Waals surface area (Å²) < 4.78 is 6.22. The molecule has 0 spiro atoms. The van der Waals surface area contributed by atoms with Crippen molar-refractivity contribution in [2.45, 2.75) is 19.4 Å². The molecule has 8 heteroatoms. The van der Waals surface area contributed by atoms with E-state index in [1.807, 2.05) is 11.8 Å². The predicted molar refractivity (Wildman–Crippen MR) is 84.5 cm³/mol. The van der Waals surface area contributed by atoms with E-state index in [-0.39, 0.29) is 11.9 Å². The number of hydrogen-bond donors (Lipinski definition) is 2. The largest absolute Gasteiger partial charge is 0.377 e. The fourth-order valence-electron chi connectivity index (χ4n) is 2.12. The van der Waals surface area contributed by atoms with Crippen LogP contribution in [-0.4, -0.2) is 55.3 Å². The molecule has 1 aliphatic heterocycles. The average molecular weight is 358 g/mol. The zero-order chi connectivity index (χ0) is 15.2. The summed E-state index contributed by atoms with van der Waals surface area (Å²) in [6.45, 7) is 4.23. The van der Waals surface area contributed by atoms with Gasteiger partial charge in [-0.25, -0.2) is 4.98 Å². The molecule has 0 saturated carbocycles. The summed E-state index contributed by atoms with van der Waals surface area (Å²) in [6, 6.07) is -0.374. The number of aromatic nitrogens is 2. The quantitative estimate of drug-likeness (QED) is 0.818. The van der Waals surface area contributed by atoms with Crippen molar-refractivity contribution < 1.29 is 9.53 Å². The molecule has 2 heterocycles. The molecule has 2 rings (SSSR count). The van der Waals surface area contributed by atoms with Crippen LogP contribution in [0.25, 0.3) is 0 Å². The van der Waals surface area contributed by atoms with E-state index in [1.54, 1.807) is 13.2 Å². The molecule has 116 valence electrons. The lowest BCUT2D eigenvalue weighted by Crippen LogP contribution is -2.54. The van der Waals surface area contributed by atoms with E-state index in [9.17, 15) is 4.79 Å². The highest BCUT2D eigenvalue weighted by molar-refractivity contribution is 9.10. The molecule has 1 saturated heterocycles. The molecule has 0 aromatic carbocycles. The van der Waals surface area contributed by atoms with E-state index in [4.69, 9.17) is 4.74 Å². The third-order valence-electron chi connectivity index (χ3n) is 3.20. The van der Waals surface area contributed by atoms with Crippen molar-refractivity contribution >= 4 is 33.6 Å². The number of anilines is 2. The third kappa shape index (κ3) is 3.82. The van der Waals surface area contributed by atoms with Gasteiger partial charge in [-0.1, -0.05) is 6.92 Å². The molecule has 1 aromatic rings. The maximum Gasteiger partial charge on any atom is 0.245 e. The van der Waals surface area contributed by atoms with Crippen molar-refractivity contribution in [2.24, 2.45) is 0 Å². The molecule has 21 heavy (non-hydrogen) atoms. The van der Waals surface area contributed by atoms with Crippen molar-refractivity contribution in [1.29, 1.82) is 0 Å². The van der Waals surface area contributed by atoms with Gasteiger partial charge in [0.1, 0.15) is 11.9 Å². The van der Waals surface area contributed by atoms with Gasteiger partial charge in [0.2, 0.25) is 11.9 Å². The standard InChI is InChI=1S/C13H20BrN5O2/c1-3-4-16-12(20)10-8-21-6-5-19(10)11-9(14)7-17-13(15-2)18-11/h7,10H,3-6,8H2,1-2H3,(H,16,20)(H,15,17,18). The normalized spacial score (nSPS) is 18.4. The van der Waals surface area contributed by atoms with E-state index < -0.39 is 0 Å². The number of rotatable bonds is 5. The van der Waals surface area contributed by atoms with E-state index >= 15 is 0 Å². The van der Waals surface area contributed by atoms with Crippen molar-refractivity contribution in [3.8, 4) is 0 Å². The molecule has 1 aliphatic rings. The van der Waals surface area contributed by atoms with Crippen LogP contribution in [0.3, 0.4) is 0 Å². The molecule has 1 aromatic heterocycles. The lowest BCUT2D eigenvalue weighted by molar-refractivity contribution is -0.124. The van der Waals surface area contributed by atoms with Crippen molar-refractivity contribution in [3.63, 3.8) is 0 Å². The Balaban J connectivity index is 2.23. The van der Waals surface area contributed by atoms with Gasteiger partial charge in [0, 0.05) is 26.3 Å². The molecule has 1 fully saturated rings. The number of amides is 1. The molecule has 0 bridgehead atoms. The molecule has 0 aliphatic carbocycles. The molecular weight excluding hydrogens is 338 g/mol. The van der Waals surface area contributed by atoms with Crippen molar-refractivity contribution in [2.75, 3.05) is 43.6 Å². The summed E-state index contributed by atoms with van der Waals surface area (Å²) in [5.41, 5.74) is 0. The van der Waals surface area contributed by atoms with Crippen LogP contribution in [0, 0.1) is 0 Å². The fourth-order valence-corrected chi connectivity index (χ4v) is 2.54. The second-order valence-electron chi connectivity index (χ2n) is 4.69. The molecule has 0 radical (unpaired) electrons. The second kappa shape index (κ2) is 7.56. The number of hydrogen-bond acceptors (Lipinski definition) is 6. The minimum Gasteiger partial charge on any atom is -0.377 e. The summed E-state index contributed by atoms with van der Waals surface area (Å²) in [4.78, 5) is 22.9. The number of nitrogens with zero attached hydrogens (tertiary/aromatic N) is 3. The SMILES string of the molecule is CCCNC(=O)C1COCCN1c1nc(NC)ncc1Br. The Labute approximate surface area is 132 Å². The predicted octanol–water partition coefficient (Wildman–Crippen LogP) is 1.01. The van der Waals surface area contributed by atoms with Crippen molar-refractivity contribution in [1.82, 2.24) is 15.3 Å². The van der Waals surface area contributed by atoms with Crippen LogP contribution in [0.15, 0.2) is 10.7 Å². The Morgan fingerprint density at radius 2 is 2.43 bits per heavy atom. The van der Waals surface area contributed by atoms with Gasteiger partial charge in [-0.05, 0) is 22.4 Å². The number of nitrogens with one attached hydrogen (secondary N) is 2. The van der Waals surface area contributed by atoms with Crippen LogP contribution in [0.4, 0.5) is 11.8 Å². The highest BCUT2D eigenvalue weighted by atomic mass is 79.9. The maximum atomic E-state index is 12.3. The van der Waals surface area contributed by atoms with Crippen LogP contribution in [0.1, 0.15) is 13.3 Å². The first-order valence-electron chi connectivity index (χ1n) is 6.99. The third-order valence-corrected chi connectivity index (χ3v) is 3.76. The van der Waals surface area contributed by atoms with Crippen LogP contribution >= 0.6 is 15.9 Å². The smallest absolute Gasteiger partial charge is 0.245 e. The summed E-state index contributed by atoms with van der Waals surface area (Å²) in [7, 11) is 1.76. The molecule has 7 nitrogen and oxygen atoms in total. The number of carbonyl (C=O) groups excluding carboxylic acids is 1. The summed E-state index contributed by atoms with van der Waals surface area (Å²) >= 11 is 3.46. The van der Waals surface area contributed by atoms with E-state index in [0.717, 1.165) is 10.9 Å². The zero-order valence-corrected chi connectivity index (χ0v) is 13.8. The molecule has 2 N–H and O–H groups in total. The molecule has 1 amide bonds. The summed E-state index contributed by atoms with van der Waals surface area (Å²) in [6.07, 6.45) is 2.59. The number of carbonyl (C=O) groups is 1. The monoisotopic (exact) mass is 357 g/mol. The number of halogens is 1. The summed E-state index contributed by atoms with van der Waals surface area (Å²) in [5, 5.41) is 5.83. The molecule has 1 unspecified atom stereocenters. The minimum absolute atomic E-state index is 0.0342. The first kappa shape index (κ1) is 16.0. The Morgan fingerprint density at radius 3 is 3.14 bits per heavy atom. The lowest BCUT2D eigenvalue weighted by atomic mass is 10.2. The second-order valence-corrected chi connectivity index (χ2v) is 5.54. The zero-order valence-electron chi connectivity index (χ0n) is 12.2. The van der Waals surface area contributed by atoms with Gasteiger partial charge in [0.15, 0.2) is 0 Å². The van der Waals surface area contributed by atoms with Gasteiger partial charge >= 0.3 is 0 Å². The van der Waals surface area contributed by atoms with E-state index in [0.29, 0.717) is 38.1 Å². The highest BCUT2D eigenvalue weighted by Gasteiger charge is 2.31. The van der Waals surface area contributed by atoms with Crippen LogP contribution in [0.5, 0.6) is 0 Å². The first-order valence-corrected chi connectivity index (χ1v) is 7.79. The Bertz CT molecular complexity index is 499. The number of ether oxygens (including phenoxy) is 1. The highest BCUT2D eigenvalue weighted by Crippen LogP contribution is 2.27. The Hall–Kier alpha value is -1.41. The summed E-state index contributed by atoms with van der Waals surface area (Å²) in [5.74, 6) is 1.19. The van der Waals surface area contributed by atoms with Crippen LogP contribution < -0.4 is 15.5 Å². The van der Waals surface area contributed by atoms with Gasteiger partial charge in [0.05, 0.1) is 17.7 Å². The average Bonchev–Trinajstić information content (AvgIpc) is 2.53. The minimum atomic E-state index is -0.374. The maximum absolute atomic E-state index is 12.3. The van der Waals surface area contributed by atoms with Crippen molar-refractivity contribution in [3.05, 3.63) is 10.7 Å². The lowest BCUT2D eigenvalue weighted by Gasteiger charge is -2.35. The van der Waals surface area contributed by atoms with Gasteiger partial charge in [0.25, 0.3) is 0 Å². The van der Waals surface area contributed by atoms with Crippen LogP contribution in [0.2, 0.25) is 0 Å². The topological polar surface area (TPSA) is 79.4 Å². The molecule has 1 atom stereocenters. The van der Waals surface area contributed by atoms with Gasteiger partial charge in [-0.3, -0.25) is 4.79 Å². The molecular formula is C13H20BrN5O2. The Morgan fingerprint density at radius 1 is 1.62 bits per heavy atom. The number of morpholine rings is 1. The first-order chi connectivity index (χ1) is 10.2. The van der Waals surface area contributed by atoms with Gasteiger partial charge in [-0.2, -0.15) is 4.98 Å². The van der Waals surface area contributed by atoms with Gasteiger partial charge < -0.3 is 20.3 Å². The van der Waals surface area contributed by atoms with E-state index in [1.165, 1.54) is 0 Å².